The first-order chi connectivity index (χ1) is 14.6. The molecule has 1 saturated heterocycles. The number of anilines is 1. The Bertz CT molecular complexity index is 954. The van der Waals surface area contributed by atoms with E-state index >= 15 is 0 Å². The summed E-state index contributed by atoms with van der Waals surface area (Å²) in [6.07, 6.45) is 4.28. The Morgan fingerprint density at radius 2 is 1.77 bits per heavy atom. The first-order valence-electron chi connectivity index (χ1n) is 11.3. The molecule has 2 aromatic carbocycles. The molecule has 0 radical (unpaired) electrons. The standard InChI is InChI=1S/C21H23N3O.C3H8.C2H6/c1-15-2-4-16(5-3-15)14-24-11-9-17-12-18(6-7-20(17)21(24)25)23-19-8-10-22-13-19;1-3-2;1-2/h2-7,9,11-12,19,22-23H,8,10,13-14H2,1H3;3H2,1-2H3;1-2H3/t19-;;/m0../s1. The maximum atomic E-state index is 12.8. The van der Waals surface area contributed by atoms with E-state index in [2.05, 4.69) is 61.7 Å². The molecule has 0 unspecified atom stereocenters. The summed E-state index contributed by atoms with van der Waals surface area (Å²) >= 11 is 0. The molecule has 4 rings (SSSR count). The van der Waals surface area contributed by atoms with E-state index in [-0.39, 0.29) is 5.56 Å². The van der Waals surface area contributed by atoms with Crippen molar-refractivity contribution < 1.29 is 0 Å². The lowest BCUT2D eigenvalue weighted by molar-refractivity contribution is 0.767. The average molecular weight is 408 g/mol. The minimum absolute atomic E-state index is 0.0622. The monoisotopic (exact) mass is 407 g/mol. The summed E-state index contributed by atoms with van der Waals surface area (Å²) in [7, 11) is 0. The number of hydrogen-bond donors (Lipinski definition) is 2. The molecule has 3 aromatic rings. The molecule has 1 fully saturated rings. The third kappa shape index (κ3) is 6.46. The van der Waals surface area contributed by atoms with Gasteiger partial charge in [0.1, 0.15) is 0 Å². The number of fused-ring (bicyclic) bond motifs is 1. The van der Waals surface area contributed by atoms with Gasteiger partial charge in [-0.3, -0.25) is 4.79 Å². The predicted molar refractivity (Wildman–Crippen MR) is 131 cm³/mol. The summed E-state index contributed by atoms with van der Waals surface area (Å²) < 4.78 is 1.78. The normalized spacial score (nSPS) is 15.0. The third-order valence-corrected chi connectivity index (χ3v) is 4.88. The molecule has 162 valence electrons. The third-order valence-electron chi connectivity index (χ3n) is 4.88. The van der Waals surface area contributed by atoms with Crippen LogP contribution >= 0.6 is 0 Å². The Morgan fingerprint density at radius 3 is 2.40 bits per heavy atom. The van der Waals surface area contributed by atoms with Gasteiger partial charge in [-0.2, -0.15) is 0 Å². The highest BCUT2D eigenvalue weighted by Gasteiger charge is 2.14. The molecule has 4 nitrogen and oxygen atoms in total. The number of aryl methyl sites for hydroxylation is 1. The topological polar surface area (TPSA) is 46.1 Å². The van der Waals surface area contributed by atoms with Crippen molar-refractivity contribution in [3.05, 3.63) is 76.2 Å². The highest BCUT2D eigenvalue weighted by molar-refractivity contribution is 5.84. The maximum Gasteiger partial charge on any atom is 0.258 e. The van der Waals surface area contributed by atoms with Crippen LogP contribution in [0.4, 0.5) is 5.69 Å². The van der Waals surface area contributed by atoms with Crippen LogP contribution in [-0.4, -0.2) is 23.7 Å². The SMILES string of the molecule is CC.CCC.Cc1ccc(Cn2ccc3cc(N[C@H]4CCNC4)ccc3c2=O)cc1. The number of benzene rings is 2. The minimum atomic E-state index is 0.0622. The lowest BCUT2D eigenvalue weighted by Crippen LogP contribution is -2.22. The quantitative estimate of drug-likeness (QED) is 0.594. The number of rotatable bonds is 4. The van der Waals surface area contributed by atoms with Crippen molar-refractivity contribution in [1.29, 1.82) is 0 Å². The molecular formula is C26H37N3O. The summed E-state index contributed by atoms with van der Waals surface area (Å²) in [5.41, 5.74) is 3.51. The molecule has 30 heavy (non-hydrogen) atoms. The Morgan fingerprint density at radius 1 is 1.07 bits per heavy atom. The van der Waals surface area contributed by atoms with Gasteiger partial charge in [0.25, 0.3) is 5.56 Å². The van der Waals surface area contributed by atoms with Crippen LogP contribution in [0.2, 0.25) is 0 Å². The zero-order valence-corrected chi connectivity index (χ0v) is 19.2. The van der Waals surface area contributed by atoms with Gasteiger partial charge in [-0.15, -0.1) is 0 Å². The van der Waals surface area contributed by atoms with Crippen molar-refractivity contribution in [2.75, 3.05) is 18.4 Å². The fraction of sp³-hybridized carbons (Fsp3) is 0.423. The van der Waals surface area contributed by atoms with Crippen molar-refractivity contribution in [3.63, 3.8) is 0 Å². The van der Waals surface area contributed by atoms with E-state index in [0.717, 1.165) is 41.5 Å². The van der Waals surface area contributed by atoms with Gasteiger partial charge >= 0.3 is 0 Å². The molecule has 1 aliphatic heterocycles. The van der Waals surface area contributed by atoms with Crippen molar-refractivity contribution in [2.45, 2.75) is 60.0 Å². The Labute approximate surface area is 181 Å². The zero-order chi connectivity index (χ0) is 21.9. The van der Waals surface area contributed by atoms with Crippen LogP contribution in [0.5, 0.6) is 0 Å². The molecule has 0 aliphatic carbocycles. The highest BCUT2D eigenvalue weighted by atomic mass is 16.1. The molecule has 1 aromatic heterocycles. The average Bonchev–Trinajstić information content (AvgIpc) is 3.27. The van der Waals surface area contributed by atoms with Gasteiger partial charge in [0.15, 0.2) is 0 Å². The van der Waals surface area contributed by atoms with E-state index in [1.165, 1.54) is 12.0 Å². The second-order valence-electron chi connectivity index (χ2n) is 7.58. The Balaban J connectivity index is 0.000000590. The van der Waals surface area contributed by atoms with Crippen molar-refractivity contribution in [3.8, 4) is 0 Å². The van der Waals surface area contributed by atoms with E-state index < -0.39 is 0 Å². The summed E-state index contributed by atoms with van der Waals surface area (Å²) in [5.74, 6) is 0. The van der Waals surface area contributed by atoms with E-state index in [1.54, 1.807) is 4.57 Å². The molecular weight excluding hydrogens is 370 g/mol. The fourth-order valence-corrected chi connectivity index (χ4v) is 3.41. The lowest BCUT2D eigenvalue weighted by Gasteiger charge is -2.14. The first kappa shape index (κ1) is 23.7. The van der Waals surface area contributed by atoms with Crippen LogP contribution < -0.4 is 16.2 Å². The number of aromatic nitrogens is 1. The van der Waals surface area contributed by atoms with Crippen LogP contribution in [0.3, 0.4) is 0 Å². The van der Waals surface area contributed by atoms with Crippen LogP contribution in [0.25, 0.3) is 10.8 Å². The maximum absolute atomic E-state index is 12.8. The molecule has 0 amide bonds. The van der Waals surface area contributed by atoms with Gasteiger partial charge in [-0.1, -0.05) is 63.9 Å². The molecule has 4 heteroatoms. The van der Waals surface area contributed by atoms with Gasteiger partial charge < -0.3 is 15.2 Å². The zero-order valence-electron chi connectivity index (χ0n) is 19.2. The number of hydrogen-bond acceptors (Lipinski definition) is 3. The Hall–Kier alpha value is -2.59. The van der Waals surface area contributed by atoms with Gasteiger partial charge in [0, 0.05) is 29.9 Å². The lowest BCUT2D eigenvalue weighted by atomic mass is 10.1. The largest absolute Gasteiger partial charge is 0.381 e. The van der Waals surface area contributed by atoms with E-state index in [0.29, 0.717) is 12.6 Å². The smallest absolute Gasteiger partial charge is 0.258 e. The van der Waals surface area contributed by atoms with Crippen LogP contribution in [0.15, 0.2) is 59.5 Å². The number of nitrogens with one attached hydrogen (secondary N) is 2. The van der Waals surface area contributed by atoms with Crippen molar-refractivity contribution >= 4 is 16.5 Å². The minimum Gasteiger partial charge on any atom is -0.381 e. The molecule has 0 saturated carbocycles. The molecule has 0 bridgehead atoms. The summed E-state index contributed by atoms with van der Waals surface area (Å²) in [6, 6.07) is 16.8. The molecule has 1 aliphatic rings. The summed E-state index contributed by atoms with van der Waals surface area (Å²) in [5, 5.41) is 8.65. The van der Waals surface area contributed by atoms with E-state index in [4.69, 9.17) is 0 Å². The number of pyridine rings is 1. The van der Waals surface area contributed by atoms with E-state index in [9.17, 15) is 4.79 Å². The molecule has 0 spiro atoms. The highest BCUT2D eigenvalue weighted by Crippen LogP contribution is 2.18. The molecule has 2 heterocycles. The second kappa shape index (κ2) is 12.2. The second-order valence-corrected chi connectivity index (χ2v) is 7.58. The summed E-state index contributed by atoms with van der Waals surface area (Å²) in [6.45, 7) is 13.0. The van der Waals surface area contributed by atoms with E-state index in [1.807, 2.05) is 38.2 Å². The Kier molecular flexibility index (Phi) is 9.62. The van der Waals surface area contributed by atoms with Gasteiger partial charge in [-0.05, 0) is 55.1 Å². The van der Waals surface area contributed by atoms with Gasteiger partial charge in [0.2, 0.25) is 0 Å². The van der Waals surface area contributed by atoms with Gasteiger partial charge in [-0.25, -0.2) is 0 Å². The van der Waals surface area contributed by atoms with Crippen LogP contribution in [0, 0.1) is 6.92 Å². The van der Waals surface area contributed by atoms with Crippen LogP contribution in [0.1, 0.15) is 51.7 Å². The number of nitrogens with zero attached hydrogens (tertiary/aromatic N) is 1. The van der Waals surface area contributed by atoms with Crippen molar-refractivity contribution in [2.24, 2.45) is 0 Å². The summed E-state index contributed by atoms with van der Waals surface area (Å²) in [4.78, 5) is 12.8. The van der Waals surface area contributed by atoms with Crippen molar-refractivity contribution in [1.82, 2.24) is 9.88 Å². The first-order valence-corrected chi connectivity index (χ1v) is 11.3. The molecule has 1 atom stereocenters. The van der Waals surface area contributed by atoms with Gasteiger partial charge in [0.05, 0.1) is 6.54 Å². The predicted octanol–water partition coefficient (Wildman–Crippen LogP) is 5.57. The molecule has 2 N–H and O–H groups in total. The fourth-order valence-electron chi connectivity index (χ4n) is 3.41. The van der Waals surface area contributed by atoms with Crippen LogP contribution in [-0.2, 0) is 6.54 Å².